The molecule has 0 aliphatic heterocycles. The summed E-state index contributed by atoms with van der Waals surface area (Å²) >= 11 is 0. The monoisotopic (exact) mass is 192 g/mol. The van der Waals surface area contributed by atoms with Crippen molar-refractivity contribution in [1.29, 1.82) is 10.8 Å². The smallest absolute Gasteiger partial charge is 0.300 e. The van der Waals surface area contributed by atoms with Gasteiger partial charge in [-0.05, 0) is 0 Å². The van der Waals surface area contributed by atoms with Gasteiger partial charge in [0.05, 0.1) is 0 Å². The highest BCUT2D eigenvalue weighted by molar-refractivity contribution is 5.62. The SMILES string of the molecule is CC(=O)O.N=C=O.N=C=O.O=CO. The van der Waals surface area contributed by atoms with Crippen LogP contribution < -0.4 is 0 Å². The van der Waals surface area contributed by atoms with Gasteiger partial charge in [0.25, 0.3) is 12.4 Å². The molecule has 0 aromatic rings. The van der Waals surface area contributed by atoms with Gasteiger partial charge in [-0.3, -0.25) is 9.59 Å². The summed E-state index contributed by atoms with van der Waals surface area (Å²) in [7, 11) is 0. The van der Waals surface area contributed by atoms with E-state index in [2.05, 4.69) is 0 Å². The van der Waals surface area contributed by atoms with Crippen molar-refractivity contribution in [3.05, 3.63) is 0 Å². The number of isocyanates is 2. The third-order valence-electron chi connectivity index (χ3n) is 0. The quantitative estimate of drug-likeness (QED) is 0.232. The van der Waals surface area contributed by atoms with E-state index in [0.717, 1.165) is 19.1 Å². The van der Waals surface area contributed by atoms with Crippen molar-refractivity contribution < 1.29 is 29.4 Å². The molecular formula is C5H8N2O6. The largest absolute Gasteiger partial charge is 0.483 e. The van der Waals surface area contributed by atoms with Crippen molar-refractivity contribution in [2.24, 2.45) is 0 Å². The predicted octanol–water partition coefficient (Wildman–Crippen LogP) is -0.406. The number of hydrogen-bond acceptors (Lipinski definition) is 6. The van der Waals surface area contributed by atoms with Crippen molar-refractivity contribution in [2.45, 2.75) is 6.92 Å². The van der Waals surface area contributed by atoms with Crippen molar-refractivity contribution in [3.63, 3.8) is 0 Å². The number of carbonyl (C=O) groups excluding carboxylic acids is 2. The molecule has 0 aliphatic carbocycles. The van der Waals surface area contributed by atoms with Crippen LogP contribution in [0, 0.1) is 10.8 Å². The maximum Gasteiger partial charge on any atom is 0.300 e. The second-order valence-electron chi connectivity index (χ2n) is 0.829. The van der Waals surface area contributed by atoms with Crippen LogP contribution in [0.5, 0.6) is 0 Å². The van der Waals surface area contributed by atoms with Gasteiger partial charge in [0, 0.05) is 6.92 Å². The molecule has 0 aliphatic rings. The number of carboxylic acid groups (broad SMARTS) is 2. The average Bonchev–Trinajstić information content (AvgIpc) is 1.88. The Morgan fingerprint density at radius 1 is 1.31 bits per heavy atom. The number of aliphatic carboxylic acids is 1. The van der Waals surface area contributed by atoms with Crippen LogP contribution in [0.25, 0.3) is 0 Å². The van der Waals surface area contributed by atoms with Crippen molar-refractivity contribution in [3.8, 4) is 0 Å². The molecule has 0 atom stereocenters. The van der Waals surface area contributed by atoms with E-state index in [1.165, 1.54) is 0 Å². The number of carbonyl (C=O) groups is 2. The minimum absolute atomic E-state index is 0.250. The van der Waals surface area contributed by atoms with Gasteiger partial charge < -0.3 is 10.2 Å². The van der Waals surface area contributed by atoms with Crippen LogP contribution in [0.2, 0.25) is 0 Å². The minimum atomic E-state index is -0.833. The van der Waals surface area contributed by atoms with Gasteiger partial charge in [-0.25, -0.2) is 20.4 Å². The number of hydrogen-bond donors (Lipinski definition) is 4. The number of rotatable bonds is 0. The lowest BCUT2D eigenvalue weighted by Crippen LogP contribution is -1.78. The van der Waals surface area contributed by atoms with E-state index in [4.69, 9.17) is 40.2 Å². The highest BCUT2D eigenvalue weighted by Gasteiger charge is 1.65. The van der Waals surface area contributed by atoms with Gasteiger partial charge in [0.1, 0.15) is 0 Å². The first-order valence-corrected chi connectivity index (χ1v) is 2.33. The summed E-state index contributed by atoms with van der Waals surface area (Å²) in [5.41, 5.74) is 0. The Morgan fingerprint density at radius 2 is 1.31 bits per heavy atom. The molecule has 74 valence electrons. The Hall–Kier alpha value is -2.30. The first-order valence-electron chi connectivity index (χ1n) is 2.33. The molecule has 0 rings (SSSR count). The fourth-order valence-corrected chi connectivity index (χ4v) is 0. The summed E-state index contributed by atoms with van der Waals surface area (Å²) in [5.74, 6) is -0.833. The van der Waals surface area contributed by atoms with E-state index in [-0.39, 0.29) is 6.47 Å². The van der Waals surface area contributed by atoms with Crippen molar-refractivity contribution in [2.75, 3.05) is 0 Å². The first-order chi connectivity index (χ1) is 5.97. The Balaban J connectivity index is -0.0000000420. The van der Waals surface area contributed by atoms with Crippen molar-refractivity contribution >= 4 is 24.6 Å². The topological polar surface area (TPSA) is 156 Å². The molecule has 0 aromatic carbocycles. The van der Waals surface area contributed by atoms with Crippen LogP contribution in [0.3, 0.4) is 0 Å². The third-order valence-corrected chi connectivity index (χ3v) is 0. The van der Waals surface area contributed by atoms with Crippen LogP contribution in [0.1, 0.15) is 6.92 Å². The summed E-state index contributed by atoms with van der Waals surface area (Å²) in [6.45, 7) is 0.833. The van der Waals surface area contributed by atoms with Gasteiger partial charge in [-0.15, -0.1) is 0 Å². The lowest BCUT2D eigenvalue weighted by molar-refractivity contribution is -0.134. The second-order valence-corrected chi connectivity index (χ2v) is 0.829. The lowest BCUT2D eigenvalue weighted by Gasteiger charge is -1.59. The van der Waals surface area contributed by atoms with E-state index in [1.807, 2.05) is 0 Å². The van der Waals surface area contributed by atoms with Gasteiger partial charge in [0.15, 0.2) is 0 Å². The highest BCUT2D eigenvalue weighted by atomic mass is 16.4. The minimum Gasteiger partial charge on any atom is -0.483 e. The Kier molecular flexibility index (Phi) is 92.5. The third kappa shape index (κ3) is 109. The Morgan fingerprint density at radius 3 is 1.31 bits per heavy atom. The Bertz CT molecular complexity index is 161. The molecule has 0 amide bonds. The van der Waals surface area contributed by atoms with Crippen LogP contribution in [-0.2, 0) is 19.2 Å². The Labute approximate surface area is 72.8 Å². The zero-order valence-electron chi connectivity index (χ0n) is 6.60. The standard InChI is InChI=1S/C2H4O2.2CHNO.CH2O2/c1-2(3)4;3*2-1-3/h1H3,(H,3,4);2*2H;1H,(H,2,3). The average molecular weight is 192 g/mol. The summed E-state index contributed by atoms with van der Waals surface area (Å²) in [6, 6.07) is 0. The predicted molar refractivity (Wildman–Crippen MR) is 38.8 cm³/mol. The van der Waals surface area contributed by atoms with E-state index in [0.29, 0.717) is 0 Å². The molecule has 8 heteroatoms. The molecule has 0 fully saturated rings. The van der Waals surface area contributed by atoms with Crippen LogP contribution in [-0.4, -0.2) is 34.8 Å². The molecule has 0 bridgehead atoms. The van der Waals surface area contributed by atoms with Gasteiger partial charge in [0.2, 0.25) is 12.2 Å². The van der Waals surface area contributed by atoms with E-state index in [1.54, 1.807) is 0 Å². The normalized spacial score (nSPS) is 4.08. The van der Waals surface area contributed by atoms with E-state index in [9.17, 15) is 0 Å². The second kappa shape index (κ2) is 53.6. The highest BCUT2D eigenvalue weighted by Crippen LogP contribution is 1.42. The van der Waals surface area contributed by atoms with Crippen molar-refractivity contribution in [1.82, 2.24) is 0 Å². The first kappa shape index (κ1) is 22.4. The zero-order valence-corrected chi connectivity index (χ0v) is 6.60. The molecule has 4 N–H and O–H groups in total. The van der Waals surface area contributed by atoms with Crippen LogP contribution in [0.4, 0.5) is 0 Å². The lowest BCUT2D eigenvalue weighted by atomic mass is 10.9. The molecule has 0 spiro atoms. The maximum atomic E-state index is 9.00. The molecule has 0 aromatic heterocycles. The summed E-state index contributed by atoms with van der Waals surface area (Å²) < 4.78 is 0. The molecule has 0 saturated heterocycles. The van der Waals surface area contributed by atoms with Crippen LogP contribution in [0.15, 0.2) is 0 Å². The molecule has 0 radical (unpaired) electrons. The zero-order chi connectivity index (χ0) is 11.7. The molecule has 0 heterocycles. The molecule has 0 saturated carbocycles. The summed E-state index contributed by atoms with van der Waals surface area (Å²) in [4.78, 5) is 34.1. The van der Waals surface area contributed by atoms with Crippen LogP contribution >= 0.6 is 0 Å². The number of carboxylic acids is 1. The van der Waals surface area contributed by atoms with E-state index < -0.39 is 5.97 Å². The summed E-state index contributed by atoms with van der Waals surface area (Å²) in [6.07, 6.45) is 1.50. The molecule has 8 nitrogen and oxygen atoms in total. The summed E-state index contributed by atoms with van der Waals surface area (Å²) in [5, 5.41) is 25.1. The molecule has 0 unspecified atom stereocenters. The van der Waals surface area contributed by atoms with E-state index >= 15 is 0 Å². The van der Waals surface area contributed by atoms with Gasteiger partial charge >= 0.3 is 0 Å². The van der Waals surface area contributed by atoms with Gasteiger partial charge in [-0.1, -0.05) is 0 Å². The maximum absolute atomic E-state index is 9.00. The molecule has 13 heavy (non-hydrogen) atoms. The fourth-order valence-electron chi connectivity index (χ4n) is 0. The number of nitrogens with one attached hydrogen (secondary N) is 2. The molecular weight excluding hydrogens is 184 g/mol. The van der Waals surface area contributed by atoms with Gasteiger partial charge in [-0.2, -0.15) is 0 Å². The fraction of sp³-hybridized carbons (Fsp3) is 0.200.